The van der Waals surface area contributed by atoms with E-state index in [9.17, 15) is 14.4 Å². The Hall–Kier alpha value is -2.77. The molecule has 0 radical (unpaired) electrons. The van der Waals surface area contributed by atoms with Crippen LogP contribution in [0, 0.1) is 0 Å². The number of ether oxygens (including phenoxy) is 3. The van der Waals surface area contributed by atoms with E-state index in [-0.39, 0.29) is 23.8 Å². The molecule has 1 aromatic carbocycles. The van der Waals surface area contributed by atoms with Crippen molar-refractivity contribution in [3.8, 4) is 11.5 Å². The van der Waals surface area contributed by atoms with Crippen molar-refractivity contribution in [3.63, 3.8) is 0 Å². The van der Waals surface area contributed by atoms with Gasteiger partial charge in [-0.3, -0.25) is 9.59 Å². The van der Waals surface area contributed by atoms with Crippen molar-refractivity contribution in [2.45, 2.75) is 13.3 Å². The van der Waals surface area contributed by atoms with E-state index in [0.717, 1.165) is 6.42 Å². The number of methoxy groups -OCH3 is 2. The minimum Gasteiger partial charge on any atom is -0.497 e. The summed E-state index contributed by atoms with van der Waals surface area (Å²) in [5.41, 5.74) is 0.173. The summed E-state index contributed by atoms with van der Waals surface area (Å²) in [6.07, 6.45) is 0.807. The topological polar surface area (TPSA) is 103 Å². The predicted octanol–water partition coefficient (Wildman–Crippen LogP) is 0.503. The van der Waals surface area contributed by atoms with Gasteiger partial charge in [0.15, 0.2) is 6.61 Å². The highest BCUT2D eigenvalue weighted by Gasteiger charge is 2.16. The van der Waals surface area contributed by atoms with Gasteiger partial charge in [0.05, 0.1) is 20.8 Å². The number of benzene rings is 1. The molecule has 8 nitrogen and oxygen atoms in total. The van der Waals surface area contributed by atoms with Crippen molar-refractivity contribution >= 4 is 17.8 Å². The SMILES string of the molecule is CCCNC(=O)CNC(=O)COC(=O)c1ccc(OC)cc1OC. The van der Waals surface area contributed by atoms with Crippen LogP contribution >= 0.6 is 0 Å². The molecule has 0 saturated heterocycles. The van der Waals surface area contributed by atoms with Crippen molar-refractivity contribution in [2.75, 3.05) is 33.9 Å². The summed E-state index contributed by atoms with van der Waals surface area (Å²) in [6, 6.07) is 4.60. The second-order valence-corrected chi connectivity index (χ2v) is 4.77. The average Bonchev–Trinajstić information content (AvgIpc) is 2.61. The third-order valence-corrected chi connectivity index (χ3v) is 2.98. The number of nitrogens with one attached hydrogen (secondary N) is 2. The number of amides is 2. The number of carbonyl (C=O) groups is 3. The van der Waals surface area contributed by atoms with Gasteiger partial charge in [0.2, 0.25) is 5.91 Å². The summed E-state index contributed by atoms with van der Waals surface area (Å²) in [7, 11) is 2.90. The molecule has 0 aliphatic heterocycles. The third-order valence-electron chi connectivity index (χ3n) is 2.98. The lowest BCUT2D eigenvalue weighted by Crippen LogP contribution is -2.38. The van der Waals surface area contributed by atoms with Gasteiger partial charge in [0, 0.05) is 12.6 Å². The van der Waals surface area contributed by atoms with Crippen molar-refractivity contribution in [3.05, 3.63) is 23.8 Å². The van der Waals surface area contributed by atoms with Crippen molar-refractivity contribution in [1.82, 2.24) is 10.6 Å². The fourth-order valence-electron chi connectivity index (χ4n) is 1.73. The molecule has 0 fully saturated rings. The van der Waals surface area contributed by atoms with E-state index in [1.165, 1.54) is 26.4 Å². The molecular formula is C16H22N2O6. The number of hydrogen-bond donors (Lipinski definition) is 2. The molecule has 0 aromatic heterocycles. The summed E-state index contributed by atoms with van der Waals surface area (Å²) in [4.78, 5) is 34.9. The van der Waals surface area contributed by atoms with Crippen molar-refractivity contribution < 1.29 is 28.6 Å². The Labute approximate surface area is 140 Å². The van der Waals surface area contributed by atoms with Crippen LogP contribution in [0.2, 0.25) is 0 Å². The Bertz CT molecular complexity index is 588. The van der Waals surface area contributed by atoms with Crippen molar-refractivity contribution in [2.24, 2.45) is 0 Å². The Kier molecular flexibility index (Phi) is 8.10. The summed E-state index contributed by atoms with van der Waals surface area (Å²) in [5, 5.41) is 4.98. The first-order valence-corrected chi connectivity index (χ1v) is 7.44. The van der Waals surface area contributed by atoms with Gasteiger partial charge in [-0.05, 0) is 18.6 Å². The maximum absolute atomic E-state index is 12.0. The molecule has 132 valence electrons. The molecule has 24 heavy (non-hydrogen) atoms. The highest BCUT2D eigenvalue weighted by atomic mass is 16.5. The third kappa shape index (κ3) is 6.15. The van der Waals surface area contributed by atoms with E-state index in [1.807, 2.05) is 6.92 Å². The van der Waals surface area contributed by atoms with Gasteiger partial charge in [-0.1, -0.05) is 6.92 Å². The van der Waals surface area contributed by atoms with E-state index >= 15 is 0 Å². The van der Waals surface area contributed by atoms with E-state index < -0.39 is 18.5 Å². The second kappa shape index (κ2) is 10.1. The lowest BCUT2D eigenvalue weighted by Gasteiger charge is -2.10. The maximum Gasteiger partial charge on any atom is 0.342 e. The van der Waals surface area contributed by atoms with Gasteiger partial charge in [-0.25, -0.2) is 4.79 Å². The molecule has 0 saturated carbocycles. The molecule has 0 bridgehead atoms. The van der Waals surface area contributed by atoms with Gasteiger partial charge in [0.25, 0.3) is 5.91 Å². The average molecular weight is 338 g/mol. The zero-order valence-electron chi connectivity index (χ0n) is 14.0. The maximum atomic E-state index is 12.0. The molecule has 0 unspecified atom stereocenters. The fourth-order valence-corrected chi connectivity index (χ4v) is 1.73. The number of carbonyl (C=O) groups excluding carboxylic acids is 3. The highest BCUT2D eigenvalue weighted by Crippen LogP contribution is 2.25. The molecule has 2 amide bonds. The molecule has 1 rings (SSSR count). The van der Waals surface area contributed by atoms with Crippen LogP contribution in [0.25, 0.3) is 0 Å². The van der Waals surface area contributed by atoms with Gasteiger partial charge in [0.1, 0.15) is 17.1 Å². The van der Waals surface area contributed by atoms with Crippen LogP contribution in [0.1, 0.15) is 23.7 Å². The Morgan fingerprint density at radius 3 is 2.42 bits per heavy atom. The van der Waals surface area contributed by atoms with Crippen molar-refractivity contribution in [1.29, 1.82) is 0 Å². The van der Waals surface area contributed by atoms with Crippen LogP contribution in [0.15, 0.2) is 18.2 Å². The van der Waals surface area contributed by atoms with Crippen LogP contribution < -0.4 is 20.1 Å². The molecule has 1 aromatic rings. The first-order chi connectivity index (χ1) is 11.5. The quantitative estimate of drug-likeness (QED) is 0.636. The van der Waals surface area contributed by atoms with Crippen LogP contribution in [0.3, 0.4) is 0 Å². The standard InChI is InChI=1S/C16H22N2O6/c1-4-7-17-14(19)9-18-15(20)10-24-16(21)12-6-5-11(22-2)8-13(12)23-3/h5-6,8H,4,7,9-10H2,1-3H3,(H,17,19)(H,18,20). The van der Waals surface area contributed by atoms with Gasteiger partial charge < -0.3 is 24.8 Å². The predicted molar refractivity (Wildman–Crippen MR) is 86.1 cm³/mol. The molecule has 0 heterocycles. The summed E-state index contributed by atoms with van der Waals surface area (Å²) < 4.78 is 15.1. The smallest absolute Gasteiger partial charge is 0.342 e. The molecule has 2 N–H and O–H groups in total. The normalized spacial score (nSPS) is 9.79. The number of rotatable bonds is 9. The molecular weight excluding hydrogens is 316 g/mol. The van der Waals surface area contributed by atoms with Gasteiger partial charge in [-0.15, -0.1) is 0 Å². The van der Waals surface area contributed by atoms with Gasteiger partial charge >= 0.3 is 5.97 Å². The number of esters is 1. The van der Waals surface area contributed by atoms with Crippen LogP contribution in [-0.4, -0.2) is 51.7 Å². The first-order valence-electron chi connectivity index (χ1n) is 7.44. The van der Waals surface area contributed by atoms with E-state index in [1.54, 1.807) is 6.07 Å². The fraction of sp³-hybridized carbons (Fsp3) is 0.438. The minimum absolute atomic E-state index is 0.164. The Balaban J connectivity index is 2.48. The molecule has 8 heteroatoms. The summed E-state index contributed by atoms with van der Waals surface area (Å²) in [6.45, 7) is 1.81. The van der Waals surface area contributed by atoms with Crippen LogP contribution in [0.5, 0.6) is 11.5 Å². The van der Waals surface area contributed by atoms with E-state index in [4.69, 9.17) is 14.2 Å². The number of hydrogen-bond acceptors (Lipinski definition) is 6. The Morgan fingerprint density at radius 2 is 1.79 bits per heavy atom. The lowest BCUT2D eigenvalue weighted by atomic mass is 10.2. The largest absolute Gasteiger partial charge is 0.497 e. The van der Waals surface area contributed by atoms with E-state index in [2.05, 4.69) is 10.6 Å². The molecule has 0 atom stereocenters. The van der Waals surface area contributed by atoms with Gasteiger partial charge in [-0.2, -0.15) is 0 Å². The second-order valence-electron chi connectivity index (χ2n) is 4.77. The Morgan fingerprint density at radius 1 is 1.04 bits per heavy atom. The van der Waals surface area contributed by atoms with E-state index in [0.29, 0.717) is 12.3 Å². The molecule has 0 aliphatic carbocycles. The monoisotopic (exact) mass is 338 g/mol. The molecule has 0 spiro atoms. The zero-order valence-corrected chi connectivity index (χ0v) is 14.0. The lowest BCUT2D eigenvalue weighted by molar-refractivity contribution is -0.127. The zero-order chi connectivity index (χ0) is 17.9. The minimum atomic E-state index is -0.708. The van der Waals surface area contributed by atoms with Crippen LogP contribution in [-0.2, 0) is 14.3 Å². The first kappa shape index (κ1) is 19.3. The van der Waals surface area contributed by atoms with Crippen LogP contribution in [0.4, 0.5) is 0 Å². The highest BCUT2D eigenvalue weighted by molar-refractivity contribution is 5.94. The summed E-state index contributed by atoms with van der Waals surface area (Å²) in [5.74, 6) is -0.770. The molecule has 0 aliphatic rings. The summed E-state index contributed by atoms with van der Waals surface area (Å²) >= 11 is 0.